The molecule has 0 radical (unpaired) electrons. The molecule has 0 aliphatic carbocycles. The van der Waals surface area contributed by atoms with Gasteiger partial charge in [0.25, 0.3) is 11.8 Å². The number of halogens is 2. The summed E-state index contributed by atoms with van der Waals surface area (Å²) in [7, 11) is 0. The molecule has 162 valence electrons. The zero-order valence-electron chi connectivity index (χ0n) is 17.4. The highest BCUT2D eigenvalue weighted by Crippen LogP contribution is 2.47. The van der Waals surface area contributed by atoms with Crippen molar-refractivity contribution in [1.82, 2.24) is 4.90 Å². The molecule has 1 fully saturated rings. The lowest BCUT2D eigenvalue weighted by molar-refractivity contribution is 0.0670. The Morgan fingerprint density at radius 2 is 1.25 bits per heavy atom. The van der Waals surface area contributed by atoms with Crippen molar-refractivity contribution in [3.05, 3.63) is 101 Å². The summed E-state index contributed by atoms with van der Waals surface area (Å²) in [4.78, 5) is 29.7. The highest BCUT2D eigenvalue weighted by molar-refractivity contribution is 6.07. The molecular formula is C26H22F2N2O2. The van der Waals surface area contributed by atoms with Crippen LogP contribution in [0.2, 0.25) is 0 Å². The number of fused-ring (bicyclic) bond motifs is 2. The van der Waals surface area contributed by atoms with Crippen LogP contribution in [0.4, 0.5) is 14.5 Å². The Balaban J connectivity index is 1.37. The van der Waals surface area contributed by atoms with Crippen LogP contribution in [0.15, 0.2) is 72.8 Å². The molecule has 2 aliphatic heterocycles. The standard InChI is InChI=1S/C26H22F2N2O2/c27-20-9-5-18(6-10-20)24(31)29-15-13-26(14-16-29)17-30(23-4-2-1-3-22(23)26)25(32)19-7-11-21(28)12-8-19/h1-12H,13-17H2. The zero-order valence-corrected chi connectivity index (χ0v) is 17.4. The molecule has 0 saturated carbocycles. The molecule has 0 aromatic heterocycles. The maximum absolute atomic E-state index is 13.3. The van der Waals surface area contributed by atoms with Crippen molar-refractivity contribution in [1.29, 1.82) is 0 Å². The van der Waals surface area contributed by atoms with Crippen LogP contribution in [-0.2, 0) is 5.41 Å². The Morgan fingerprint density at radius 1 is 0.719 bits per heavy atom. The summed E-state index contributed by atoms with van der Waals surface area (Å²) < 4.78 is 26.5. The average Bonchev–Trinajstić information content (AvgIpc) is 3.14. The molecule has 3 aromatic rings. The van der Waals surface area contributed by atoms with Gasteiger partial charge in [-0.1, -0.05) is 18.2 Å². The topological polar surface area (TPSA) is 40.6 Å². The van der Waals surface area contributed by atoms with Gasteiger partial charge in [-0.15, -0.1) is 0 Å². The zero-order chi connectivity index (χ0) is 22.3. The van der Waals surface area contributed by atoms with E-state index < -0.39 is 0 Å². The predicted octanol–water partition coefficient (Wildman–Crippen LogP) is 4.80. The summed E-state index contributed by atoms with van der Waals surface area (Å²) in [6.45, 7) is 1.65. The number of likely N-dealkylation sites (tertiary alicyclic amines) is 1. The van der Waals surface area contributed by atoms with Crippen LogP contribution in [0, 0.1) is 11.6 Å². The van der Waals surface area contributed by atoms with Crippen molar-refractivity contribution < 1.29 is 18.4 Å². The second kappa shape index (κ2) is 7.86. The molecule has 0 atom stereocenters. The minimum Gasteiger partial charge on any atom is -0.339 e. The molecule has 6 heteroatoms. The minimum absolute atomic E-state index is 0.106. The van der Waals surface area contributed by atoms with Gasteiger partial charge >= 0.3 is 0 Å². The lowest BCUT2D eigenvalue weighted by Crippen LogP contribution is -2.47. The molecule has 1 spiro atoms. The van der Waals surface area contributed by atoms with E-state index in [0.29, 0.717) is 30.8 Å². The van der Waals surface area contributed by atoms with E-state index in [0.717, 1.165) is 24.1 Å². The number of carbonyl (C=O) groups excluding carboxylic acids is 2. The number of piperidine rings is 1. The van der Waals surface area contributed by atoms with Gasteiger partial charge in [0.1, 0.15) is 11.6 Å². The van der Waals surface area contributed by atoms with Gasteiger partial charge in [-0.25, -0.2) is 8.78 Å². The van der Waals surface area contributed by atoms with Gasteiger partial charge in [0.2, 0.25) is 0 Å². The number of rotatable bonds is 2. The lowest BCUT2D eigenvalue weighted by atomic mass is 9.74. The Labute approximate surface area is 185 Å². The summed E-state index contributed by atoms with van der Waals surface area (Å²) in [5.41, 5.74) is 2.68. The SMILES string of the molecule is O=C(c1ccc(F)cc1)N1CCC2(CC1)CN(C(=O)c1ccc(F)cc1)c1ccccc12. The van der Waals surface area contributed by atoms with Crippen LogP contribution in [0.3, 0.4) is 0 Å². The van der Waals surface area contributed by atoms with Gasteiger partial charge in [0.05, 0.1) is 0 Å². The van der Waals surface area contributed by atoms with E-state index in [1.807, 2.05) is 18.2 Å². The monoisotopic (exact) mass is 432 g/mol. The molecule has 2 amide bonds. The van der Waals surface area contributed by atoms with Gasteiger partial charge < -0.3 is 9.80 Å². The van der Waals surface area contributed by atoms with Gasteiger partial charge in [-0.2, -0.15) is 0 Å². The summed E-state index contributed by atoms with van der Waals surface area (Å²) in [6, 6.07) is 19.1. The first kappa shape index (κ1) is 20.4. The first-order chi connectivity index (χ1) is 15.5. The average molecular weight is 432 g/mol. The van der Waals surface area contributed by atoms with Crippen LogP contribution in [0.1, 0.15) is 39.1 Å². The third kappa shape index (κ3) is 3.45. The maximum Gasteiger partial charge on any atom is 0.258 e. The summed E-state index contributed by atoms with van der Waals surface area (Å²) in [5.74, 6) is -1.00. The van der Waals surface area contributed by atoms with E-state index in [9.17, 15) is 18.4 Å². The third-order valence-electron chi connectivity index (χ3n) is 6.66. The van der Waals surface area contributed by atoms with E-state index in [2.05, 4.69) is 6.07 Å². The number of hydrogen-bond acceptors (Lipinski definition) is 2. The van der Waals surface area contributed by atoms with Crippen molar-refractivity contribution in [2.24, 2.45) is 0 Å². The Hall–Kier alpha value is -3.54. The number of hydrogen-bond donors (Lipinski definition) is 0. The van der Waals surface area contributed by atoms with Crippen LogP contribution in [-0.4, -0.2) is 36.3 Å². The summed E-state index contributed by atoms with van der Waals surface area (Å²) in [5, 5.41) is 0. The van der Waals surface area contributed by atoms with Gasteiger partial charge in [0, 0.05) is 41.9 Å². The number of para-hydroxylation sites is 1. The summed E-state index contributed by atoms with van der Waals surface area (Å²) in [6.07, 6.45) is 1.45. The fourth-order valence-electron chi connectivity index (χ4n) is 4.90. The van der Waals surface area contributed by atoms with Crippen LogP contribution < -0.4 is 4.90 Å². The number of amides is 2. The first-order valence-corrected chi connectivity index (χ1v) is 10.7. The molecular weight excluding hydrogens is 410 g/mol. The van der Waals surface area contributed by atoms with Gasteiger partial charge in [0.15, 0.2) is 0 Å². The molecule has 3 aromatic carbocycles. The van der Waals surface area contributed by atoms with Crippen molar-refractivity contribution in [3.8, 4) is 0 Å². The highest BCUT2D eigenvalue weighted by atomic mass is 19.1. The Morgan fingerprint density at radius 3 is 1.84 bits per heavy atom. The van der Waals surface area contributed by atoms with E-state index in [4.69, 9.17) is 0 Å². The molecule has 2 heterocycles. The molecule has 0 N–H and O–H groups in total. The number of anilines is 1. The van der Waals surface area contributed by atoms with E-state index in [1.54, 1.807) is 9.80 Å². The number of nitrogens with zero attached hydrogens (tertiary/aromatic N) is 2. The molecule has 0 bridgehead atoms. The molecule has 2 aliphatic rings. The summed E-state index contributed by atoms with van der Waals surface area (Å²) >= 11 is 0. The number of carbonyl (C=O) groups is 2. The largest absolute Gasteiger partial charge is 0.339 e. The van der Waals surface area contributed by atoms with E-state index in [-0.39, 0.29) is 28.9 Å². The Kier molecular flexibility index (Phi) is 5.00. The van der Waals surface area contributed by atoms with Gasteiger partial charge in [-0.3, -0.25) is 9.59 Å². The minimum atomic E-state index is -0.377. The smallest absolute Gasteiger partial charge is 0.258 e. The first-order valence-electron chi connectivity index (χ1n) is 10.7. The van der Waals surface area contributed by atoms with Crippen LogP contribution in [0.5, 0.6) is 0 Å². The maximum atomic E-state index is 13.3. The van der Waals surface area contributed by atoms with E-state index in [1.165, 1.54) is 48.5 Å². The van der Waals surface area contributed by atoms with Crippen molar-refractivity contribution in [3.63, 3.8) is 0 Å². The van der Waals surface area contributed by atoms with Crippen LogP contribution in [0.25, 0.3) is 0 Å². The fourth-order valence-corrected chi connectivity index (χ4v) is 4.90. The number of benzene rings is 3. The van der Waals surface area contributed by atoms with E-state index >= 15 is 0 Å². The van der Waals surface area contributed by atoms with Crippen LogP contribution >= 0.6 is 0 Å². The lowest BCUT2D eigenvalue weighted by Gasteiger charge is -2.40. The Bertz CT molecular complexity index is 1170. The molecule has 32 heavy (non-hydrogen) atoms. The molecule has 4 nitrogen and oxygen atoms in total. The van der Waals surface area contributed by atoms with Crippen molar-refractivity contribution in [2.75, 3.05) is 24.5 Å². The highest BCUT2D eigenvalue weighted by Gasteiger charge is 2.46. The third-order valence-corrected chi connectivity index (χ3v) is 6.66. The normalized spacial score (nSPS) is 16.8. The van der Waals surface area contributed by atoms with Crippen molar-refractivity contribution >= 4 is 17.5 Å². The fraction of sp³-hybridized carbons (Fsp3) is 0.231. The molecule has 1 saturated heterocycles. The predicted molar refractivity (Wildman–Crippen MR) is 118 cm³/mol. The van der Waals surface area contributed by atoms with Gasteiger partial charge in [-0.05, 0) is 73.0 Å². The molecule has 0 unspecified atom stereocenters. The quantitative estimate of drug-likeness (QED) is 0.584. The van der Waals surface area contributed by atoms with Crippen molar-refractivity contribution in [2.45, 2.75) is 18.3 Å². The second-order valence-corrected chi connectivity index (χ2v) is 8.49. The molecule has 5 rings (SSSR count). The second-order valence-electron chi connectivity index (χ2n) is 8.49.